The van der Waals surface area contributed by atoms with E-state index in [2.05, 4.69) is 36.4 Å². The van der Waals surface area contributed by atoms with Crippen molar-refractivity contribution < 1.29 is 28.4 Å². The van der Waals surface area contributed by atoms with Crippen LogP contribution in [-0.4, -0.2) is 83.9 Å². The van der Waals surface area contributed by atoms with Crippen molar-refractivity contribution in [3.05, 3.63) is 54.2 Å². The first-order valence-electron chi connectivity index (χ1n) is 13.3. The summed E-state index contributed by atoms with van der Waals surface area (Å²) in [6, 6.07) is 13.5. The molecule has 2 fully saturated rings. The summed E-state index contributed by atoms with van der Waals surface area (Å²) >= 11 is 0. The number of fused-ring (bicyclic) bond motifs is 1. The van der Waals surface area contributed by atoms with Crippen molar-refractivity contribution in [1.82, 2.24) is 15.6 Å². The summed E-state index contributed by atoms with van der Waals surface area (Å²) in [6.45, 7) is 9.71. The second kappa shape index (κ2) is 11.3. The third-order valence-electron chi connectivity index (χ3n) is 7.84. The lowest BCUT2D eigenvalue weighted by Gasteiger charge is -2.50. The first kappa shape index (κ1) is 27.3. The maximum Gasteiger partial charge on any atom is 0.494 e. The van der Waals surface area contributed by atoms with Crippen LogP contribution in [0.2, 0.25) is 0 Å². The van der Waals surface area contributed by atoms with Gasteiger partial charge >= 0.3 is 6.69 Å². The zero-order chi connectivity index (χ0) is 26.6. The van der Waals surface area contributed by atoms with E-state index >= 15 is 0 Å². The summed E-state index contributed by atoms with van der Waals surface area (Å²) in [5, 5.41) is 16.3. The van der Waals surface area contributed by atoms with Gasteiger partial charge in [0, 0.05) is 18.0 Å². The first-order valence-corrected chi connectivity index (χ1v) is 13.3. The van der Waals surface area contributed by atoms with Crippen LogP contribution in [0.1, 0.15) is 44.6 Å². The van der Waals surface area contributed by atoms with Gasteiger partial charge in [-0.25, -0.2) is 4.98 Å². The third-order valence-corrected chi connectivity index (χ3v) is 7.84. The molecule has 0 aliphatic carbocycles. The van der Waals surface area contributed by atoms with Crippen molar-refractivity contribution in [3.8, 4) is 11.3 Å². The summed E-state index contributed by atoms with van der Waals surface area (Å²) in [7, 11) is 0. The minimum atomic E-state index is -1.81. The lowest BCUT2D eigenvalue weighted by Crippen LogP contribution is -2.73. The lowest BCUT2D eigenvalue weighted by atomic mass is 9.57. The van der Waals surface area contributed by atoms with Gasteiger partial charge in [0.1, 0.15) is 11.7 Å². The molecular weight excluding hydrogens is 471 g/mol. The number of aromatic nitrogens is 1. The van der Waals surface area contributed by atoms with E-state index in [0.29, 0.717) is 29.7 Å². The number of likely N-dealkylation sites (N-methyl/N-ethyl adjacent to an activating group) is 1. The Bertz CT molecular complexity index is 1090. The van der Waals surface area contributed by atoms with Crippen LogP contribution in [0.15, 0.2) is 48.5 Å². The number of benzene rings is 1. The van der Waals surface area contributed by atoms with E-state index in [1.807, 2.05) is 36.4 Å². The number of nitrogens with one attached hydrogen (secondary N) is 2. The minimum absolute atomic E-state index is 0.168. The van der Waals surface area contributed by atoms with Crippen LogP contribution in [0, 0.1) is 5.92 Å². The number of pyridine rings is 1. The fourth-order valence-electron chi connectivity index (χ4n) is 5.90. The van der Waals surface area contributed by atoms with Crippen LogP contribution in [-0.2, 0) is 14.1 Å². The second-order valence-corrected chi connectivity index (χ2v) is 10.7. The van der Waals surface area contributed by atoms with Gasteiger partial charge < -0.3 is 29.4 Å². The molecule has 0 spiro atoms. The van der Waals surface area contributed by atoms with Gasteiger partial charge in [0.2, 0.25) is 5.91 Å². The molecule has 3 N–H and O–H groups in total. The highest BCUT2D eigenvalue weighted by atomic mass is 16.6. The molecule has 0 bridgehead atoms. The van der Waals surface area contributed by atoms with Gasteiger partial charge in [-0.1, -0.05) is 56.7 Å². The van der Waals surface area contributed by atoms with E-state index in [0.717, 1.165) is 25.2 Å². The van der Waals surface area contributed by atoms with Gasteiger partial charge in [-0.15, -0.1) is 0 Å². The molecule has 2 saturated heterocycles. The predicted octanol–water partition coefficient (Wildman–Crippen LogP) is 2.13. The summed E-state index contributed by atoms with van der Waals surface area (Å²) in [5.74, 6) is -1.10. The van der Waals surface area contributed by atoms with E-state index in [1.165, 1.54) is 6.92 Å². The minimum Gasteiger partial charge on any atom is -0.508 e. The predicted molar refractivity (Wildman–Crippen MR) is 142 cm³/mol. The van der Waals surface area contributed by atoms with Crippen molar-refractivity contribution in [2.24, 2.45) is 5.92 Å². The molecule has 4 rings (SSSR count). The highest BCUT2D eigenvalue weighted by Crippen LogP contribution is 2.38. The van der Waals surface area contributed by atoms with Crippen LogP contribution < -0.4 is 10.6 Å². The molecule has 0 radical (unpaired) electrons. The zero-order valence-corrected chi connectivity index (χ0v) is 22.2. The number of hydrogen-bond donors (Lipinski definition) is 3. The molecule has 3 atom stereocenters. The third kappa shape index (κ3) is 5.43. The summed E-state index contributed by atoms with van der Waals surface area (Å²) in [5.41, 5.74) is 1.70. The van der Waals surface area contributed by atoms with Crippen molar-refractivity contribution in [1.29, 1.82) is 0 Å². The smallest absolute Gasteiger partial charge is 0.494 e. The number of aliphatic hydroxyl groups excluding tert-OH is 1. The fraction of sp³-hybridized carbons (Fsp3) is 0.519. The molecule has 0 unspecified atom stereocenters. The maximum absolute atomic E-state index is 13.6. The Kier molecular flexibility index (Phi) is 8.33. The van der Waals surface area contributed by atoms with E-state index < -0.39 is 30.6 Å². The average Bonchev–Trinajstić information content (AvgIpc) is 3.43. The number of quaternary nitrogens is 1. The molecule has 37 heavy (non-hydrogen) atoms. The number of hydrogen-bond acceptors (Lipinski definition) is 6. The first-order chi connectivity index (χ1) is 17.7. The summed E-state index contributed by atoms with van der Waals surface area (Å²) in [6.07, 6.45) is -0.460. The van der Waals surface area contributed by atoms with Gasteiger partial charge in [0.25, 0.3) is 5.91 Å². The van der Waals surface area contributed by atoms with E-state index in [9.17, 15) is 14.7 Å². The molecule has 10 heteroatoms. The van der Waals surface area contributed by atoms with Crippen LogP contribution >= 0.6 is 0 Å². The van der Waals surface area contributed by atoms with Crippen molar-refractivity contribution in [2.75, 3.05) is 32.8 Å². The average molecular weight is 510 g/mol. The Morgan fingerprint density at radius 1 is 1.03 bits per heavy atom. The number of amides is 2. The quantitative estimate of drug-likeness (QED) is 0.423. The number of carbonyl (C=O) groups is 2. The molecule has 200 valence electrons. The Labute approximate surface area is 219 Å². The number of aliphatic hydroxyl groups is 1. The van der Waals surface area contributed by atoms with Gasteiger partial charge in [-0.05, 0) is 31.9 Å². The van der Waals surface area contributed by atoms with Crippen molar-refractivity contribution in [3.63, 3.8) is 0 Å². The maximum atomic E-state index is 13.6. The highest BCUT2D eigenvalue weighted by molar-refractivity contribution is 6.63. The van der Waals surface area contributed by atoms with Crippen LogP contribution in [0.4, 0.5) is 0 Å². The molecule has 0 saturated carbocycles. The van der Waals surface area contributed by atoms with Gasteiger partial charge in [-0.3, -0.25) is 9.59 Å². The molecule has 2 aliphatic rings. The van der Waals surface area contributed by atoms with Crippen LogP contribution in [0.3, 0.4) is 0 Å². The lowest BCUT2D eigenvalue weighted by molar-refractivity contribution is -0.821. The zero-order valence-electron chi connectivity index (χ0n) is 22.2. The van der Waals surface area contributed by atoms with Gasteiger partial charge in [0.15, 0.2) is 0 Å². The number of carbonyl (C=O) groups excluding carboxylic acids is 2. The Balaban J connectivity index is 1.53. The summed E-state index contributed by atoms with van der Waals surface area (Å²) < 4.78 is 13.3. The second-order valence-electron chi connectivity index (χ2n) is 10.7. The van der Waals surface area contributed by atoms with E-state index in [1.54, 1.807) is 12.1 Å². The largest absolute Gasteiger partial charge is 0.508 e. The SMILES string of the molecule is CC[N+]12CCO[B-]1([C@H](CC(C)C)NC(=O)[C@@H](NC(=O)c1cccc(-c3ccccc3)n1)[C@@H](C)O)OCC2. The van der Waals surface area contributed by atoms with E-state index in [4.69, 9.17) is 9.31 Å². The van der Waals surface area contributed by atoms with Gasteiger partial charge in [0.05, 0.1) is 38.1 Å². The molecule has 1 aromatic carbocycles. The monoisotopic (exact) mass is 510 g/mol. The molecule has 9 nitrogen and oxygen atoms in total. The Hall–Kier alpha value is -2.79. The van der Waals surface area contributed by atoms with Crippen LogP contribution in [0.25, 0.3) is 11.3 Å². The molecule has 2 amide bonds. The topological polar surface area (TPSA) is 110 Å². The number of nitrogens with zero attached hydrogens (tertiary/aromatic N) is 2. The van der Waals surface area contributed by atoms with Crippen LogP contribution in [0.5, 0.6) is 0 Å². The highest BCUT2D eigenvalue weighted by Gasteiger charge is 2.62. The number of rotatable bonds is 10. The Morgan fingerprint density at radius 2 is 1.70 bits per heavy atom. The Morgan fingerprint density at radius 3 is 2.30 bits per heavy atom. The van der Waals surface area contributed by atoms with E-state index in [-0.39, 0.29) is 17.6 Å². The molecule has 1 aromatic heterocycles. The molecule has 2 aliphatic heterocycles. The molecule has 3 heterocycles. The normalized spacial score (nSPS) is 25.4. The van der Waals surface area contributed by atoms with Crippen molar-refractivity contribution in [2.45, 2.75) is 52.2 Å². The molecular formula is C27H39BN4O5. The van der Waals surface area contributed by atoms with Crippen molar-refractivity contribution >= 4 is 18.5 Å². The van der Waals surface area contributed by atoms with Gasteiger partial charge in [-0.2, -0.15) is 0 Å². The fourth-order valence-corrected chi connectivity index (χ4v) is 5.90. The molecule has 2 aromatic rings. The standard InChI is InChI=1S/C27H39BN4O5/c1-5-32-14-16-36-28(32,37-17-15-32)24(18-19(2)3)30-27(35)25(20(4)33)31-26(34)23-13-9-12-22(29-23)21-10-7-6-8-11-21/h6-13,19-20,24-25,33H,5,14-18H2,1-4H3,(H,30,35)(H,31,34)/t20-,24+,25+,28?,32?/m1/s1. The summed E-state index contributed by atoms with van der Waals surface area (Å²) in [4.78, 5) is 31.2.